The lowest BCUT2D eigenvalue weighted by Gasteiger charge is -2.17. The molecule has 36 heavy (non-hydrogen) atoms. The predicted molar refractivity (Wildman–Crippen MR) is 141 cm³/mol. The number of carboxylic acid groups (broad SMARTS) is 1. The number of allylic oxidation sites excluding steroid dienone is 1. The standard InChI is InChI=1S/C31H32O5/c1-19-11-24(15-30(32)33)28-8-7-25(16-29(19)28)35-17-22-5-4-6-23(14-22)31-20(2)12-27(13-21(31)3)36-26-9-10-34-18-26/h4-8,12-14,16,24,26H,1,9-11,15,17-18H2,2-3H3,(H,32,33)/t24-,26+/m0/s1. The van der Waals surface area contributed by atoms with Crippen LogP contribution in [-0.4, -0.2) is 30.4 Å². The van der Waals surface area contributed by atoms with E-state index in [0.717, 1.165) is 52.4 Å². The van der Waals surface area contributed by atoms with E-state index >= 15 is 0 Å². The van der Waals surface area contributed by atoms with Crippen molar-refractivity contribution in [1.82, 2.24) is 0 Å². The molecular weight excluding hydrogens is 452 g/mol. The molecule has 2 aliphatic rings. The Morgan fingerprint density at radius 3 is 2.61 bits per heavy atom. The zero-order valence-corrected chi connectivity index (χ0v) is 20.9. The first-order valence-electron chi connectivity index (χ1n) is 12.5. The van der Waals surface area contributed by atoms with E-state index in [0.29, 0.717) is 19.6 Å². The lowest BCUT2D eigenvalue weighted by molar-refractivity contribution is -0.137. The molecule has 0 unspecified atom stereocenters. The molecule has 1 aliphatic heterocycles. The predicted octanol–water partition coefficient (Wildman–Crippen LogP) is 6.69. The van der Waals surface area contributed by atoms with Gasteiger partial charge in [-0.05, 0) is 101 Å². The van der Waals surface area contributed by atoms with Crippen LogP contribution in [0.3, 0.4) is 0 Å². The van der Waals surface area contributed by atoms with Crippen LogP contribution < -0.4 is 9.47 Å². The van der Waals surface area contributed by atoms with Gasteiger partial charge in [0.25, 0.3) is 0 Å². The summed E-state index contributed by atoms with van der Waals surface area (Å²) in [5.41, 5.74) is 8.84. The van der Waals surface area contributed by atoms with Crippen molar-refractivity contribution in [3.8, 4) is 22.6 Å². The van der Waals surface area contributed by atoms with Crippen LogP contribution in [0.2, 0.25) is 0 Å². The number of aliphatic carboxylic acids is 1. The molecule has 0 aromatic heterocycles. The highest BCUT2D eigenvalue weighted by Gasteiger charge is 2.27. The number of ether oxygens (including phenoxy) is 3. The van der Waals surface area contributed by atoms with E-state index in [-0.39, 0.29) is 18.4 Å². The first-order valence-corrected chi connectivity index (χ1v) is 12.5. The van der Waals surface area contributed by atoms with Crippen LogP contribution in [0.4, 0.5) is 0 Å². The number of carbonyl (C=O) groups is 1. The fourth-order valence-electron chi connectivity index (χ4n) is 5.43. The second-order valence-electron chi connectivity index (χ2n) is 9.88. The second kappa shape index (κ2) is 10.2. The van der Waals surface area contributed by atoms with E-state index in [1.165, 1.54) is 16.7 Å². The topological polar surface area (TPSA) is 65.0 Å². The van der Waals surface area contributed by atoms with Gasteiger partial charge in [0.1, 0.15) is 24.2 Å². The maximum atomic E-state index is 11.2. The molecule has 1 heterocycles. The Balaban J connectivity index is 1.30. The molecular formula is C31H32O5. The van der Waals surface area contributed by atoms with E-state index in [4.69, 9.17) is 14.2 Å². The molecule has 0 spiro atoms. The molecule has 1 saturated heterocycles. The smallest absolute Gasteiger partial charge is 0.303 e. The van der Waals surface area contributed by atoms with Gasteiger partial charge in [-0.1, -0.05) is 30.8 Å². The molecule has 186 valence electrons. The van der Waals surface area contributed by atoms with E-state index in [1.54, 1.807) is 0 Å². The third-order valence-corrected chi connectivity index (χ3v) is 7.08. The van der Waals surface area contributed by atoms with Crippen LogP contribution in [0, 0.1) is 13.8 Å². The summed E-state index contributed by atoms with van der Waals surface area (Å²) in [6.07, 6.45) is 1.88. The minimum atomic E-state index is -0.781. The van der Waals surface area contributed by atoms with Crippen LogP contribution in [0.1, 0.15) is 53.0 Å². The fraction of sp³-hybridized carbons (Fsp3) is 0.323. The van der Waals surface area contributed by atoms with E-state index in [9.17, 15) is 9.90 Å². The summed E-state index contributed by atoms with van der Waals surface area (Å²) in [5.74, 6) is 0.871. The summed E-state index contributed by atoms with van der Waals surface area (Å²) in [6.45, 7) is 10.3. The van der Waals surface area contributed by atoms with Gasteiger partial charge >= 0.3 is 5.97 Å². The summed E-state index contributed by atoms with van der Waals surface area (Å²) < 4.78 is 17.7. The molecule has 1 fully saturated rings. The Morgan fingerprint density at radius 1 is 1.08 bits per heavy atom. The summed E-state index contributed by atoms with van der Waals surface area (Å²) in [7, 11) is 0. The number of carboxylic acids is 1. The van der Waals surface area contributed by atoms with Crippen molar-refractivity contribution in [3.05, 3.63) is 89.0 Å². The van der Waals surface area contributed by atoms with E-state index in [2.05, 4.69) is 56.8 Å². The number of benzene rings is 3. The summed E-state index contributed by atoms with van der Waals surface area (Å²) in [6, 6.07) is 18.6. The van der Waals surface area contributed by atoms with Crippen LogP contribution in [0.5, 0.6) is 11.5 Å². The van der Waals surface area contributed by atoms with Gasteiger partial charge in [-0.3, -0.25) is 4.79 Å². The third-order valence-electron chi connectivity index (χ3n) is 7.08. The van der Waals surface area contributed by atoms with Crippen LogP contribution in [0.15, 0.2) is 61.2 Å². The van der Waals surface area contributed by atoms with Crippen molar-refractivity contribution in [1.29, 1.82) is 0 Å². The minimum absolute atomic E-state index is 0.00880. The molecule has 3 aromatic carbocycles. The number of fused-ring (bicyclic) bond motifs is 1. The highest BCUT2D eigenvalue weighted by atomic mass is 16.5. The monoisotopic (exact) mass is 484 g/mol. The lowest BCUT2D eigenvalue weighted by Crippen LogP contribution is -2.15. The molecule has 2 atom stereocenters. The number of aryl methyl sites for hydroxylation is 2. The van der Waals surface area contributed by atoms with E-state index in [1.807, 2.05) is 18.2 Å². The highest BCUT2D eigenvalue weighted by molar-refractivity contribution is 5.77. The van der Waals surface area contributed by atoms with Crippen molar-refractivity contribution in [3.63, 3.8) is 0 Å². The van der Waals surface area contributed by atoms with Crippen molar-refractivity contribution < 1.29 is 24.1 Å². The van der Waals surface area contributed by atoms with Gasteiger partial charge in [-0.15, -0.1) is 0 Å². The van der Waals surface area contributed by atoms with Crippen molar-refractivity contribution in [2.24, 2.45) is 0 Å². The Kier molecular flexibility index (Phi) is 6.84. The van der Waals surface area contributed by atoms with Crippen molar-refractivity contribution in [2.75, 3.05) is 13.2 Å². The SMILES string of the molecule is C=C1C[C@@H](CC(=O)O)c2ccc(OCc3cccc(-c4c(C)cc(O[C@@H]5CCOC5)cc4C)c3)cc21. The molecule has 1 aliphatic carbocycles. The average molecular weight is 485 g/mol. The van der Waals surface area contributed by atoms with Crippen molar-refractivity contribution in [2.45, 2.75) is 51.7 Å². The molecule has 3 aromatic rings. The Bertz CT molecular complexity index is 1280. The summed E-state index contributed by atoms with van der Waals surface area (Å²) in [5, 5.41) is 9.20. The highest BCUT2D eigenvalue weighted by Crippen LogP contribution is 2.43. The second-order valence-corrected chi connectivity index (χ2v) is 9.88. The minimum Gasteiger partial charge on any atom is -0.489 e. The number of hydrogen-bond donors (Lipinski definition) is 1. The maximum absolute atomic E-state index is 11.2. The molecule has 0 amide bonds. The van der Waals surface area contributed by atoms with Gasteiger partial charge in [0.2, 0.25) is 0 Å². The van der Waals surface area contributed by atoms with Crippen LogP contribution >= 0.6 is 0 Å². The Morgan fingerprint density at radius 2 is 1.89 bits per heavy atom. The average Bonchev–Trinajstić information content (AvgIpc) is 3.45. The summed E-state index contributed by atoms with van der Waals surface area (Å²) >= 11 is 0. The van der Waals surface area contributed by atoms with E-state index < -0.39 is 5.97 Å². The van der Waals surface area contributed by atoms with Gasteiger partial charge in [-0.25, -0.2) is 0 Å². The molecule has 0 radical (unpaired) electrons. The molecule has 5 heteroatoms. The zero-order chi connectivity index (χ0) is 25.2. The summed E-state index contributed by atoms with van der Waals surface area (Å²) in [4.78, 5) is 11.2. The van der Waals surface area contributed by atoms with Gasteiger partial charge < -0.3 is 19.3 Å². The molecule has 5 rings (SSSR count). The first kappa shape index (κ1) is 24.1. The normalized spacial score (nSPS) is 18.8. The maximum Gasteiger partial charge on any atom is 0.303 e. The van der Waals surface area contributed by atoms with Crippen molar-refractivity contribution >= 4 is 11.5 Å². The van der Waals surface area contributed by atoms with Gasteiger partial charge in [-0.2, -0.15) is 0 Å². The van der Waals surface area contributed by atoms with Crippen LogP contribution in [0.25, 0.3) is 16.7 Å². The fourth-order valence-corrected chi connectivity index (χ4v) is 5.43. The zero-order valence-electron chi connectivity index (χ0n) is 20.9. The van der Waals surface area contributed by atoms with Gasteiger partial charge in [0.15, 0.2) is 0 Å². The largest absolute Gasteiger partial charge is 0.489 e. The molecule has 0 saturated carbocycles. The number of hydrogen-bond acceptors (Lipinski definition) is 4. The van der Waals surface area contributed by atoms with Crippen LogP contribution in [-0.2, 0) is 16.1 Å². The molecule has 0 bridgehead atoms. The third kappa shape index (κ3) is 5.17. The first-order chi connectivity index (χ1) is 17.4. The van der Waals surface area contributed by atoms with Gasteiger partial charge in [0.05, 0.1) is 19.6 Å². The van der Waals surface area contributed by atoms with Gasteiger partial charge in [0, 0.05) is 6.42 Å². The quantitative estimate of drug-likeness (QED) is 0.386. The lowest BCUT2D eigenvalue weighted by atomic mass is 9.94. The molecule has 5 nitrogen and oxygen atoms in total. The molecule has 1 N–H and O–H groups in total. The number of rotatable bonds is 8. The Labute approximate surface area is 212 Å². The Hall–Kier alpha value is -3.57.